The molecule has 1 saturated heterocycles. The molecule has 186 valence electrons. The van der Waals surface area contributed by atoms with Crippen LogP contribution in [0.25, 0.3) is 11.4 Å². The molecule has 1 aliphatic rings. The minimum atomic E-state index is -0.0630. The molecule has 35 heavy (non-hydrogen) atoms. The summed E-state index contributed by atoms with van der Waals surface area (Å²) < 4.78 is 12.8. The Balaban J connectivity index is 1.34. The van der Waals surface area contributed by atoms with Gasteiger partial charge in [-0.15, -0.1) is 10.2 Å². The van der Waals surface area contributed by atoms with E-state index in [2.05, 4.69) is 44.0 Å². The van der Waals surface area contributed by atoms with E-state index in [1.165, 1.54) is 17.3 Å². The molecule has 8 nitrogen and oxygen atoms in total. The van der Waals surface area contributed by atoms with Gasteiger partial charge in [0, 0.05) is 37.4 Å². The molecular weight excluding hydrogens is 462 g/mol. The first-order valence-corrected chi connectivity index (χ1v) is 13.0. The van der Waals surface area contributed by atoms with Crippen molar-refractivity contribution in [3.05, 3.63) is 54.1 Å². The van der Waals surface area contributed by atoms with E-state index in [0.717, 1.165) is 80.2 Å². The van der Waals surface area contributed by atoms with Crippen molar-refractivity contribution < 1.29 is 14.3 Å². The summed E-state index contributed by atoms with van der Waals surface area (Å²) in [6.45, 7) is 7.36. The minimum Gasteiger partial charge on any atom is -0.497 e. The third kappa shape index (κ3) is 7.06. The predicted molar refractivity (Wildman–Crippen MR) is 139 cm³/mol. The second-order valence-corrected chi connectivity index (χ2v) is 9.40. The van der Waals surface area contributed by atoms with Crippen LogP contribution in [0.3, 0.4) is 0 Å². The Kier molecular flexibility index (Phi) is 9.16. The van der Waals surface area contributed by atoms with E-state index in [4.69, 9.17) is 9.47 Å². The second-order valence-electron chi connectivity index (χ2n) is 8.46. The fourth-order valence-corrected chi connectivity index (χ4v) is 4.67. The van der Waals surface area contributed by atoms with Crippen molar-refractivity contribution in [1.82, 2.24) is 19.7 Å². The van der Waals surface area contributed by atoms with Crippen LogP contribution in [-0.2, 0) is 22.6 Å². The topological polar surface area (TPSA) is 81.5 Å². The summed E-state index contributed by atoms with van der Waals surface area (Å²) in [6, 6.07) is 15.9. The first-order valence-electron chi connectivity index (χ1n) is 12.1. The number of amides is 1. The van der Waals surface area contributed by atoms with Gasteiger partial charge >= 0.3 is 0 Å². The smallest absolute Gasteiger partial charge is 0.234 e. The van der Waals surface area contributed by atoms with Crippen LogP contribution < -0.4 is 10.1 Å². The molecule has 1 N–H and O–H groups in total. The normalized spacial score (nSPS) is 14.1. The summed E-state index contributed by atoms with van der Waals surface area (Å²) in [4.78, 5) is 15.0. The van der Waals surface area contributed by atoms with Crippen molar-refractivity contribution >= 4 is 23.4 Å². The molecule has 0 bridgehead atoms. The van der Waals surface area contributed by atoms with Gasteiger partial charge in [-0.2, -0.15) is 0 Å². The molecule has 2 aromatic carbocycles. The molecule has 0 radical (unpaired) electrons. The summed E-state index contributed by atoms with van der Waals surface area (Å²) in [5.41, 5.74) is 3.00. The Labute approximate surface area is 211 Å². The van der Waals surface area contributed by atoms with Crippen LogP contribution in [0.5, 0.6) is 5.75 Å². The van der Waals surface area contributed by atoms with Gasteiger partial charge in [0.25, 0.3) is 0 Å². The zero-order valence-corrected chi connectivity index (χ0v) is 21.2. The van der Waals surface area contributed by atoms with Crippen LogP contribution in [-0.4, -0.2) is 64.7 Å². The summed E-state index contributed by atoms with van der Waals surface area (Å²) >= 11 is 1.41. The number of methoxy groups -OCH3 is 1. The van der Waals surface area contributed by atoms with E-state index in [9.17, 15) is 4.79 Å². The molecule has 0 atom stereocenters. The molecule has 9 heteroatoms. The lowest BCUT2D eigenvalue weighted by Crippen LogP contribution is -2.35. The maximum absolute atomic E-state index is 12.6. The number of hydrogen-bond acceptors (Lipinski definition) is 7. The van der Waals surface area contributed by atoms with Gasteiger partial charge in [0.15, 0.2) is 11.0 Å². The van der Waals surface area contributed by atoms with Crippen LogP contribution in [0, 0.1) is 0 Å². The van der Waals surface area contributed by atoms with Gasteiger partial charge in [-0.1, -0.05) is 37.2 Å². The number of aromatic nitrogens is 3. The highest BCUT2D eigenvalue weighted by molar-refractivity contribution is 7.99. The highest BCUT2D eigenvalue weighted by Gasteiger charge is 2.16. The first-order chi connectivity index (χ1) is 17.2. The Morgan fingerprint density at radius 2 is 1.83 bits per heavy atom. The Bertz CT molecular complexity index is 1080. The standard InChI is InChI=1S/C26H33N5O3S/c1-3-4-13-31-25(21-7-11-23(33-2)12-8-21)28-29-26(31)35-19-24(32)27-22-9-5-20(6-10-22)18-30-14-16-34-17-15-30/h5-12H,3-4,13-19H2,1-2H3,(H,27,32). The molecule has 0 saturated carbocycles. The highest BCUT2D eigenvalue weighted by atomic mass is 32.2. The van der Waals surface area contributed by atoms with Crippen LogP contribution in [0.1, 0.15) is 25.3 Å². The predicted octanol–water partition coefficient (Wildman–Crippen LogP) is 4.32. The molecule has 1 amide bonds. The average molecular weight is 496 g/mol. The van der Waals surface area contributed by atoms with Gasteiger partial charge in [-0.3, -0.25) is 9.69 Å². The lowest BCUT2D eigenvalue weighted by atomic mass is 10.2. The Morgan fingerprint density at radius 1 is 1.09 bits per heavy atom. The number of nitrogens with one attached hydrogen (secondary N) is 1. The van der Waals surface area contributed by atoms with Crippen LogP contribution in [0.2, 0.25) is 0 Å². The fraction of sp³-hybridized carbons (Fsp3) is 0.423. The second kappa shape index (κ2) is 12.7. The van der Waals surface area contributed by atoms with Crippen LogP contribution >= 0.6 is 11.8 Å². The fourth-order valence-electron chi connectivity index (χ4n) is 3.91. The highest BCUT2D eigenvalue weighted by Crippen LogP contribution is 2.26. The largest absolute Gasteiger partial charge is 0.497 e. The Morgan fingerprint density at radius 3 is 2.51 bits per heavy atom. The SMILES string of the molecule is CCCCn1c(SCC(=O)Nc2ccc(CN3CCOCC3)cc2)nnc1-c1ccc(OC)cc1. The molecule has 0 aliphatic carbocycles. The molecule has 3 aromatic rings. The number of hydrogen-bond donors (Lipinski definition) is 1. The number of carbonyl (C=O) groups excluding carboxylic acids is 1. The van der Waals surface area contributed by atoms with E-state index >= 15 is 0 Å². The van der Waals surface area contributed by atoms with Gasteiger partial charge in [-0.25, -0.2) is 0 Å². The van der Waals surface area contributed by atoms with Gasteiger partial charge in [0.05, 0.1) is 26.1 Å². The summed E-state index contributed by atoms with van der Waals surface area (Å²) in [6.07, 6.45) is 2.07. The quantitative estimate of drug-likeness (QED) is 0.397. The number of unbranched alkanes of at least 4 members (excludes halogenated alkanes) is 1. The third-order valence-corrected chi connectivity index (χ3v) is 6.85. The zero-order valence-electron chi connectivity index (χ0n) is 20.4. The van der Waals surface area contributed by atoms with E-state index in [1.54, 1.807) is 7.11 Å². The maximum Gasteiger partial charge on any atom is 0.234 e. The number of rotatable bonds is 11. The van der Waals surface area contributed by atoms with E-state index < -0.39 is 0 Å². The number of anilines is 1. The number of benzene rings is 2. The number of ether oxygens (including phenoxy) is 2. The third-order valence-electron chi connectivity index (χ3n) is 5.88. The molecule has 2 heterocycles. The lowest BCUT2D eigenvalue weighted by molar-refractivity contribution is -0.113. The van der Waals surface area contributed by atoms with Gasteiger partial charge in [0.2, 0.25) is 5.91 Å². The lowest BCUT2D eigenvalue weighted by Gasteiger charge is -2.26. The van der Waals surface area contributed by atoms with Gasteiger partial charge in [0.1, 0.15) is 5.75 Å². The van der Waals surface area contributed by atoms with Crippen molar-refractivity contribution in [3.8, 4) is 17.1 Å². The van der Waals surface area contributed by atoms with E-state index in [-0.39, 0.29) is 11.7 Å². The minimum absolute atomic E-state index is 0.0630. The van der Waals surface area contributed by atoms with Gasteiger partial charge in [-0.05, 0) is 48.4 Å². The molecular formula is C26H33N5O3S. The first kappa shape index (κ1) is 25.2. The average Bonchev–Trinajstić information content (AvgIpc) is 3.30. The van der Waals surface area contributed by atoms with Crippen LogP contribution in [0.15, 0.2) is 53.7 Å². The molecule has 1 fully saturated rings. The molecule has 1 aliphatic heterocycles. The summed E-state index contributed by atoms with van der Waals surface area (Å²) in [7, 11) is 1.65. The molecule has 1 aromatic heterocycles. The van der Waals surface area contributed by atoms with E-state index in [1.807, 2.05) is 36.4 Å². The number of morpholine rings is 1. The maximum atomic E-state index is 12.6. The van der Waals surface area contributed by atoms with Crippen LogP contribution in [0.4, 0.5) is 5.69 Å². The molecule has 0 spiro atoms. The van der Waals surface area contributed by atoms with Crippen molar-refractivity contribution in [2.45, 2.75) is 38.0 Å². The van der Waals surface area contributed by atoms with E-state index in [0.29, 0.717) is 0 Å². The van der Waals surface area contributed by atoms with Gasteiger partial charge < -0.3 is 19.4 Å². The van der Waals surface area contributed by atoms with Crippen molar-refractivity contribution in [1.29, 1.82) is 0 Å². The monoisotopic (exact) mass is 495 g/mol. The van der Waals surface area contributed by atoms with Crippen molar-refractivity contribution in [3.63, 3.8) is 0 Å². The number of nitrogens with zero attached hydrogens (tertiary/aromatic N) is 4. The number of thioether (sulfide) groups is 1. The van der Waals surface area contributed by atoms with Crippen molar-refractivity contribution in [2.75, 3.05) is 44.5 Å². The summed E-state index contributed by atoms with van der Waals surface area (Å²) in [5.74, 6) is 1.81. The summed E-state index contributed by atoms with van der Waals surface area (Å²) in [5, 5.41) is 12.5. The zero-order chi connectivity index (χ0) is 24.5. The molecule has 0 unspecified atom stereocenters. The van der Waals surface area contributed by atoms with Crippen molar-refractivity contribution in [2.24, 2.45) is 0 Å². The molecule has 4 rings (SSSR count). The number of carbonyl (C=O) groups is 1. The Hall–Kier alpha value is -2.88.